The molecule has 0 aromatic heterocycles. The van der Waals surface area contributed by atoms with Crippen molar-refractivity contribution in [2.75, 3.05) is 12.0 Å². The van der Waals surface area contributed by atoms with Gasteiger partial charge < -0.3 is 25.5 Å². The van der Waals surface area contributed by atoms with Gasteiger partial charge in [-0.15, -0.1) is 0 Å². The number of carboxylic acids is 2. The van der Waals surface area contributed by atoms with Gasteiger partial charge in [0.25, 0.3) is 0 Å². The topological polar surface area (TPSA) is 106 Å². The Morgan fingerprint density at radius 2 is 1.80 bits per heavy atom. The molecule has 84 valence electrons. The molecule has 15 heavy (non-hydrogen) atoms. The van der Waals surface area contributed by atoms with E-state index in [1.807, 2.05) is 6.26 Å². The van der Waals surface area contributed by atoms with Crippen LogP contribution in [0.4, 0.5) is 0 Å². The Labute approximate surface area is 107 Å². The Morgan fingerprint density at radius 3 is 2.00 bits per heavy atom. The van der Waals surface area contributed by atoms with Gasteiger partial charge >= 0.3 is 19.5 Å². The Kier molecular flexibility index (Phi) is 18.8. The zero-order chi connectivity index (χ0) is 11.6. The first-order valence-electron chi connectivity index (χ1n) is 4.10. The summed E-state index contributed by atoms with van der Waals surface area (Å²) in [7, 11) is 0. The molecule has 0 fully saturated rings. The van der Waals surface area contributed by atoms with Crippen LogP contribution in [0, 0.1) is 0 Å². The molecule has 1 atom stereocenters. The maximum atomic E-state index is 9.96. The predicted octanol–water partition coefficient (Wildman–Crippen LogP) is -2.04. The fourth-order valence-electron chi connectivity index (χ4n) is 0.363. The molecule has 0 heterocycles. The molecule has 0 aliphatic rings. The summed E-state index contributed by atoms with van der Waals surface area (Å²) in [5.41, 5.74) is 5.13. The number of carboxylic acid groups (broad SMARTS) is 2. The van der Waals surface area contributed by atoms with Gasteiger partial charge in [0.1, 0.15) is 0 Å². The van der Waals surface area contributed by atoms with Gasteiger partial charge in [-0.3, -0.25) is 0 Å². The smallest absolute Gasteiger partial charge is 0.550 e. The van der Waals surface area contributed by atoms with Crippen LogP contribution in [-0.2, 0) is 29.1 Å². The second-order valence-electron chi connectivity index (χ2n) is 2.43. The third-order valence-electron chi connectivity index (χ3n) is 1.22. The molecule has 2 N–H and O–H groups in total. The summed E-state index contributed by atoms with van der Waals surface area (Å²) >= 11 is 1.58. The van der Waals surface area contributed by atoms with Crippen molar-refractivity contribution < 1.29 is 39.3 Å². The third-order valence-corrected chi connectivity index (χ3v) is 1.87. The summed E-state index contributed by atoms with van der Waals surface area (Å²) in [5, 5.41) is 19.2. The van der Waals surface area contributed by atoms with Crippen molar-refractivity contribution >= 4 is 23.7 Å². The number of thioether (sulfide) groups is 1. The molecule has 0 aromatic rings. The van der Waals surface area contributed by atoms with Gasteiger partial charge in [0, 0.05) is 12.0 Å². The molecular formula is C8H15NO4SZn. The zero-order valence-corrected chi connectivity index (χ0v) is 12.8. The standard InChI is InChI=1S/C5H11NO2S.C3H6O2.Zn/c1-9-3-2-4(6)5(7)8;1-2-3(4)5;/h4H,2-3,6H2,1H3,(H,7,8);2H2,1H3,(H,4,5);/q;;+2/p-2/t4-;;/m0../s1. The fourth-order valence-corrected chi connectivity index (χ4v) is 0.852. The predicted molar refractivity (Wildman–Crippen MR) is 51.3 cm³/mol. The van der Waals surface area contributed by atoms with Crippen LogP contribution in [0.25, 0.3) is 0 Å². The van der Waals surface area contributed by atoms with E-state index in [9.17, 15) is 19.8 Å². The van der Waals surface area contributed by atoms with Crippen molar-refractivity contribution in [3.8, 4) is 0 Å². The van der Waals surface area contributed by atoms with Gasteiger partial charge in [-0.1, -0.05) is 6.92 Å². The number of hydrogen-bond acceptors (Lipinski definition) is 6. The third kappa shape index (κ3) is 20.1. The molecule has 0 aliphatic heterocycles. The summed E-state index contributed by atoms with van der Waals surface area (Å²) in [5.74, 6) is -1.39. The number of nitrogens with two attached hydrogens (primary N) is 1. The number of carbonyl (C=O) groups is 2. The minimum Gasteiger partial charge on any atom is -0.550 e. The molecular weight excluding hydrogens is 272 g/mol. The van der Waals surface area contributed by atoms with E-state index in [0.717, 1.165) is 5.75 Å². The molecule has 0 aromatic carbocycles. The molecule has 0 bridgehead atoms. The van der Waals surface area contributed by atoms with Crippen molar-refractivity contribution in [1.82, 2.24) is 0 Å². The summed E-state index contributed by atoms with van der Waals surface area (Å²) < 4.78 is 0. The normalized spacial score (nSPS) is 10.3. The van der Waals surface area contributed by atoms with Crippen LogP contribution in [0.3, 0.4) is 0 Å². The molecule has 0 spiro atoms. The van der Waals surface area contributed by atoms with Crippen molar-refractivity contribution in [2.45, 2.75) is 25.8 Å². The van der Waals surface area contributed by atoms with E-state index in [1.54, 1.807) is 11.8 Å². The minimum atomic E-state index is -1.16. The number of rotatable bonds is 5. The molecule has 0 radical (unpaired) electrons. The van der Waals surface area contributed by atoms with Gasteiger partial charge in [0.15, 0.2) is 0 Å². The van der Waals surface area contributed by atoms with E-state index in [4.69, 9.17) is 5.73 Å². The largest absolute Gasteiger partial charge is 2.00 e. The first-order chi connectivity index (χ1) is 6.45. The van der Waals surface area contributed by atoms with E-state index in [-0.39, 0.29) is 25.9 Å². The van der Waals surface area contributed by atoms with Gasteiger partial charge in [-0.2, -0.15) is 11.8 Å². The number of carbonyl (C=O) groups excluding carboxylic acids is 2. The summed E-state index contributed by atoms with van der Waals surface area (Å²) in [6, 6.07) is -0.794. The average molecular weight is 287 g/mol. The van der Waals surface area contributed by atoms with Crippen LogP contribution < -0.4 is 15.9 Å². The molecule has 0 saturated heterocycles. The molecule has 0 aliphatic carbocycles. The Hall–Kier alpha value is -0.127. The van der Waals surface area contributed by atoms with Gasteiger partial charge in [0.2, 0.25) is 0 Å². The van der Waals surface area contributed by atoms with E-state index < -0.39 is 18.0 Å². The van der Waals surface area contributed by atoms with Crippen molar-refractivity contribution in [2.24, 2.45) is 5.73 Å². The second kappa shape index (κ2) is 13.9. The minimum absolute atomic E-state index is 0. The maximum Gasteiger partial charge on any atom is 2.00 e. The summed E-state index contributed by atoms with van der Waals surface area (Å²) in [6.07, 6.45) is 2.51. The molecule has 0 unspecified atom stereocenters. The van der Waals surface area contributed by atoms with Crippen molar-refractivity contribution in [3.63, 3.8) is 0 Å². The molecule has 7 heteroatoms. The van der Waals surface area contributed by atoms with Gasteiger partial charge in [-0.25, -0.2) is 0 Å². The van der Waals surface area contributed by atoms with E-state index in [2.05, 4.69) is 0 Å². The van der Waals surface area contributed by atoms with Crippen molar-refractivity contribution in [1.29, 1.82) is 0 Å². The molecule has 5 nitrogen and oxygen atoms in total. The zero-order valence-electron chi connectivity index (χ0n) is 9.02. The van der Waals surface area contributed by atoms with Crippen LogP contribution in [0.15, 0.2) is 0 Å². The van der Waals surface area contributed by atoms with Crippen LogP contribution >= 0.6 is 11.8 Å². The van der Waals surface area contributed by atoms with Crippen LogP contribution in [0.1, 0.15) is 19.8 Å². The first kappa shape index (κ1) is 20.3. The number of aliphatic carboxylic acids is 2. The molecule has 0 saturated carbocycles. The van der Waals surface area contributed by atoms with E-state index in [1.165, 1.54) is 6.92 Å². The Morgan fingerprint density at radius 1 is 1.40 bits per heavy atom. The van der Waals surface area contributed by atoms with Gasteiger partial charge in [0.05, 0.1) is 5.97 Å². The number of hydrogen-bond donors (Lipinski definition) is 1. The SMILES string of the molecule is CCC(=O)[O-].CSCC[C@H](N)C(=O)[O-].[Zn+2]. The van der Waals surface area contributed by atoms with Crippen molar-refractivity contribution in [3.05, 3.63) is 0 Å². The van der Waals surface area contributed by atoms with Crippen LogP contribution in [0.2, 0.25) is 0 Å². The average Bonchev–Trinajstić information content (AvgIpc) is 2.14. The van der Waals surface area contributed by atoms with Crippen LogP contribution in [0.5, 0.6) is 0 Å². The summed E-state index contributed by atoms with van der Waals surface area (Å²) in [4.78, 5) is 19.2. The molecule has 0 rings (SSSR count). The van der Waals surface area contributed by atoms with Gasteiger partial charge in [-0.05, 0) is 24.9 Å². The van der Waals surface area contributed by atoms with Crippen LogP contribution in [-0.4, -0.2) is 30.0 Å². The second-order valence-corrected chi connectivity index (χ2v) is 3.42. The molecule has 0 amide bonds. The quantitative estimate of drug-likeness (QED) is 0.584. The first-order valence-corrected chi connectivity index (χ1v) is 5.50. The Balaban J connectivity index is -0.000000208. The summed E-state index contributed by atoms with van der Waals surface area (Å²) in [6.45, 7) is 1.54. The Bertz CT molecular complexity index is 180. The monoisotopic (exact) mass is 285 g/mol. The maximum absolute atomic E-state index is 9.96. The fraction of sp³-hybridized carbons (Fsp3) is 0.750. The van der Waals surface area contributed by atoms with E-state index in [0.29, 0.717) is 6.42 Å². The van der Waals surface area contributed by atoms with E-state index >= 15 is 0 Å².